The molecule has 16 heavy (non-hydrogen) atoms. The lowest BCUT2D eigenvalue weighted by atomic mass is 10.2. The summed E-state index contributed by atoms with van der Waals surface area (Å²) in [4.78, 5) is 8.93. The molecule has 0 aliphatic rings. The maximum absolute atomic E-state index is 5.54. The Morgan fingerprint density at radius 2 is 2.19 bits per heavy atom. The lowest BCUT2D eigenvalue weighted by Gasteiger charge is -2.14. The molecule has 0 saturated heterocycles. The minimum atomic E-state index is 0.00132. The SMILES string of the molecule is CCCC(OC)c1nc(C)cc(CCN)n1. The molecule has 1 heterocycles. The van der Waals surface area contributed by atoms with Gasteiger partial charge in [0.1, 0.15) is 6.10 Å². The van der Waals surface area contributed by atoms with Crippen molar-refractivity contribution in [2.45, 2.75) is 39.2 Å². The minimum Gasteiger partial charge on any atom is -0.373 e. The fraction of sp³-hybridized carbons (Fsp3) is 0.667. The molecule has 90 valence electrons. The summed E-state index contributed by atoms with van der Waals surface area (Å²) in [6, 6.07) is 1.98. The van der Waals surface area contributed by atoms with Crippen LogP contribution < -0.4 is 5.73 Å². The fourth-order valence-corrected chi connectivity index (χ4v) is 1.69. The van der Waals surface area contributed by atoms with Crippen molar-refractivity contribution in [3.05, 3.63) is 23.3 Å². The first-order valence-corrected chi connectivity index (χ1v) is 5.78. The van der Waals surface area contributed by atoms with Crippen LogP contribution in [0.15, 0.2) is 6.07 Å². The summed E-state index contributed by atoms with van der Waals surface area (Å²) in [5, 5.41) is 0. The third kappa shape index (κ3) is 3.54. The van der Waals surface area contributed by atoms with E-state index in [0.29, 0.717) is 6.54 Å². The molecule has 1 rings (SSSR count). The second-order valence-corrected chi connectivity index (χ2v) is 3.91. The van der Waals surface area contributed by atoms with Crippen LogP contribution in [0.4, 0.5) is 0 Å². The third-order valence-corrected chi connectivity index (χ3v) is 2.45. The molecule has 1 unspecified atom stereocenters. The number of nitrogens with two attached hydrogens (primary N) is 1. The summed E-state index contributed by atoms with van der Waals surface area (Å²) in [5.41, 5.74) is 7.52. The second-order valence-electron chi connectivity index (χ2n) is 3.91. The van der Waals surface area contributed by atoms with Crippen LogP contribution >= 0.6 is 0 Å². The molecule has 0 amide bonds. The van der Waals surface area contributed by atoms with E-state index in [9.17, 15) is 0 Å². The summed E-state index contributed by atoms with van der Waals surface area (Å²) in [6.45, 7) is 4.72. The Balaban J connectivity index is 2.92. The normalized spacial score (nSPS) is 12.8. The van der Waals surface area contributed by atoms with Crippen molar-refractivity contribution in [2.24, 2.45) is 5.73 Å². The number of ether oxygens (including phenoxy) is 1. The molecule has 1 atom stereocenters. The minimum absolute atomic E-state index is 0.00132. The first-order chi connectivity index (χ1) is 7.71. The van der Waals surface area contributed by atoms with E-state index in [1.54, 1.807) is 7.11 Å². The summed E-state index contributed by atoms with van der Waals surface area (Å²) >= 11 is 0. The Morgan fingerprint density at radius 1 is 1.44 bits per heavy atom. The van der Waals surface area contributed by atoms with Gasteiger partial charge in [0.25, 0.3) is 0 Å². The smallest absolute Gasteiger partial charge is 0.157 e. The highest BCUT2D eigenvalue weighted by Gasteiger charge is 2.13. The molecule has 4 nitrogen and oxygen atoms in total. The van der Waals surface area contributed by atoms with Gasteiger partial charge in [-0.3, -0.25) is 0 Å². The standard InChI is InChI=1S/C12H21N3O/c1-4-5-11(16-3)12-14-9(2)8-10(15-12)6-7-13/h8,11H,4-7,13H2,1-3H3. The molecule has 1 aromatic heterocycles. The van der Waals surface area contributed by atoms with Gasteiger partial charge in [0.05, 0.1) is 0 Å². The first kappa shape index (κ1) is 13.1. The van der Waals surface area contributed by atoms with Gasteiger partial charge < -0.3 is 10.5 Å². The van der Waals surface area contributed by atoms with E-state index in [1.165, 1.54) is 0 Å². The highest BCUT2D eigenvalue weighted by atomic mass is 16.5. The van der Waals surface area contributed by atoms with Crippen LogP contribution in [0.1, 0.15) is 43.1 Å². The highest BCUT2D eigenvalue weighted by Crippen LogP contribution is 2.19. The van der Waals surface area contributed by atoms with Gasteiger partial charge in [-0.1, -0.05) is 13.3 Å². The van der Waals surface area contributed by atoms with Gasteiger partial charge in [-0.2, -0.15) is 0 Å². The molecule has 0 radical (unpaired) electrons. The summed E-state index contributed by atoms with van der Waals surface area (Å²) in [6.07, 6.45) is 2.80. The van der Waals surface area contributed by atoms with Crippen molar-refractivity contribution >= 4 is 0 Å². The molecule has 0 aliphatic heterocycles. The van der Waals surface area contributed by atoms with Crippen molar-refractivity contribution in [1.29, 1.82) is 0 Å². The van der Waals surface area contributed by atoms with Gasteiger partial charge in [0, 0.05) is 24.9 Å². The number of methoxy groups -OCH3 is 1. The molecule has 0 bridgehead atoms. The van der Waals surface area contributed by atoms with Gasteiger partial charge in [0.2, 0.25) is 0 Å². The van der Waals surface area contributed by atoms with E-state index in [1.807, 2.05) is 13.0 Å². The molecule has 0 aliphatic carbocycles. The average Bonchev–Trinajstić information content (AvgIpc) is 2.25. The maximum Gasteiger partial charge on any atom is 0.157 e. The predicted molar refractivity (Wildman–Crippen MR) is 64.2 cm³/mol. The summed E-state index contributed by atoms with van der Waals surface area (Å²) in [7, 11) is 1.70. The van der Waals surface area contributed by atoms with Gasteiger partial charge in [-0.15, -0.1) is 0 Å². The Morgan fingerprint density at radius 3 is 2.75 bits per heavy atom. The molecular formula is C12H21N3O. The predicted octanol–water partition coefficient (Wildman–Crippen LogP) is 1.77. The molecule has 0 saturated carbocycles. The van der Waals surface area contributed by atoms with Gasteiger partial charge >= 0.3 is 0 Å². The quantitative estimate of drug-likeness (QED) is 0.798. The van der Waals surface area contributed by atoms with E-state index >= 15 is 0 Å². The van der Waals surface area contributed by atoms with Crippen molar-refractivity contribution in [1.82, 2.24) is 9.97 Å². The number of hydrogen-bond donors (Lipinski definition) is 1. The maximum atomic E-state index is 5.54. The van der Waals surface area contributed by atoms with E-state index < -0.39 is 0 Å². The summed E-state index contributed by atoms with van der Waals surface area (Å²) < 4.78 is 5.41. The van der Waals surface area contributed by atoms with Gasteiger partial charge in [-0.25, -0.2) is 9.97 Å². The monoisotopic (exact) mass is 223 g/mol. The molecule has 1 aromatic rings. The second kappa shape index (κ2) is 6.55. The number of aromatic nitrogens is 2. The molecule has 0 fully saturated rings. The number of aryl methyl sites for hydroxylation is 1. The van der Waals surface area contributed by atoms with Gasteiger partial charge in [-0.05, 0) is 26.0 Å². The molecular weight excluding hydrogens is 202 g/mol. The van der Waals surface area contributed by atoms with Crippen LogP contribution in [0, 0.1) is 6.92 Å². The number of hydrogen-bond acceptors (Lipinski definition) is 4. The van der Waals surface area contributed by atoms with Crippen molar-refractivity contribution < 1.29 is 4.74 Å². The van der Waals surface area contributed by atoms with E-state index in [0.717, 1.165) is 36.5 Å². The summed E-state index contributed by atoms with van der Waals surface area (Å²) in [5.74, 6) is 0.785. The zero-order valence-corrected chi connectivity index (χ0v) is 10.4. The molecule has 4 heteroatoms. The van der Waals surface area contributed by atoms with Crippen LogP contribution in [0.3, 0.4) is 0 Å². The average molecular weight is 223 g/mol. The topological polar surface area (TPSA) is 61.0 Å². The van der Waals surface area contributed by atoms with Crippen LogP contribution in [0.2, 0.25) is 0 Å². The number of rotatable bonds is 6. The Labute approximate surface area is 97.2 Å². The Bertz CT molecular complexity index is 328. The zero-order chi connectivity index (χ0) is 12.0. The fourth-order valence-electron chi connectivity index (χ4n) is 1.69. The Kier molecular flexibility index (Phi) is 5.35. The van der Waals surface area contributed by atoms with Crippen molar-refractivity contribution in [3.63, 3.8) is 0 Å². The molecule has 0 aromatic carbocycles. The van der Waals surface area contributed by atoms with Crippen LogP contribution in [0.5, 0.6) is 0 Å². The lowest BCUT2D eigenvalue weighted by molar-refractivity contribution is 0.0872. The molecule has 2 N–H and O–H groups in total. The molecule has 0 spiro atoms. The van der Waals surface area contributed by atoms with Crippen LogP contribution in [-0.4, -0.2) is 23.6 Å². The van der Waals surface area contributed by atoms with Crippen LogP contribution in [0.25, 0.3) is 0 Å². The first-order valence-electron chi connectivity index (χ1n) is 5.78. The van der Waals surface area contributed by atoms with Crippen molar-refractivity contribution in [3.8, 4) is 0 Å². The highest BCUT2D eigenvalue weighted by molar-refractivity contribution is 5.11. The van der Waals surface area contributed by atoms with Crippen molar-refractivity contribution in [2.75, 3.05) is 13.7 Å². The largest absolute Gasteiger partial charge is 0.373 e. The van der Waals surface area contributed by atoms with Crippen LogP contribution in [-0.2, 0) is 11.2 Å². The third-order valence-electron chi connectivity index (χ3n) is 2.45. The lowest BCUT2D eigenvalue weighted by Crippen LogP contribution is -2.12. The Hall–Kier alpha value is -1.00. The number of nitrogens with zero attached hydrogens (tertiary/aromatic N) is 2. The zero-order valence-electron chi connectivity index (χ0n) is 10.4. The van der Waals surface area contributed by atoms with E-state index in [2.05, 4.69) is 16.9 Å². The van der Waals surface area contributed by atoms with E-state index in [4.69, 9.17) is 10.5 Å². The van der Waals surface area contributed by atoms with Gasteiger partial charge in [0.15, 0.2) is 5.82 Å². The van der Waals surface area contributed by atoms with E-state index in [-0.39, 0.29) is 6.10 Å².